The Kier molecular flexibility index (Phi) is 5.51. The van der Waals surface area contributed by atoms with Gasteiger partial charge in [-0.05, 0) is 19.2 Å². The first-order valence-corrected chi connectivity index (χ1v) is 5.72. The zero-order valence-electron chi connectivity index (χ0n) is 10.6. The van der Waals surface area contributed by atoms with Crippen molar-refractivity contribution in [3.63, 3.8) is 0 Å². The number of nitrogens with one attached hydrogen (secondary N) is 1. The molecule has 0 aliphatic carbocycles. The van der Waals surface area contributed by atoms with Crippen LogP contribution in [0.4, 0.5) is 5.69 Å². The molecule has 19 heavy (non-hydrogen) atoms. The van der Waals surface area contributed by atoms with Crippen molar-refractivity contribution in [3.05, 3.63) is 29.8 Å². The average molecular weight is 261 g/mol. The molecule has 2 N–H and O–H groups in total. The fourth-order valence-electron chi connectivity index (χ4n) is 1.49. The topological polar surface area (TPSA) is 93.4 Å². The van der Waals surface area contributed by atoms with Crippen molar-refractivity contribution in [1.29, 1.82) is 5.26 Å². The highest BCUT2D eigenvalue weighted by atomic mass is 16.4. The van der Waals surface area contributed by atoms with Crippen molar-refractivity contribution in [2.75, 3.05) is 25.5 Å². The number of para-hydroxylation sites is 1. The van der Waals surface area contributed by atoms with Gasteiger partial charge in [0.25, 0.3) is 0 Å². The molecule has 0 bridgehead atoms. The van der Waals surface area contributed by atoms with Crippen LogP contribution in [0.3, 0.4) is 0 Å². The van der Waals surface area contributed by atoms with Crippen LogP contribution in [-0.4, -0.2) is 42.0 Å². The van der Waals surface area contributed by atoms with E-state index in [0.29, 0.717) is 17.8 Å². The zero-order valence-corrected chi connectivity index (χ0v) is 10.6. The van der Waals surface area contributed by atoms with Crippen LogP contribution in [0.2, 0.25) is 0 Å². The highest BCUT2D eigenvalue weighted by Gasteiger charge is 2.10. The van der Waals surface area contributed by atoms with Crippen molar-refractivity contribution < 1.29 is 14.7 Å². The summed E-state index contributed by atoms with van der Waals surface area (Å²) in [5, 5.41) is 20.0. The monoisotopic (exact) mass is 261 g/mol. The van der Waals surface area contributed by atoms with Crippen LogP contribution in [-0.2, 0) is 9.59 Å². The second-order valence-electron chi connectivity index (χ2n) is 4.09. The number of likely N-dealkylation sites (N-methyl/N-ethyl adjacent to an activating group) is 1. The molecule has 1 rings (SSSR count). The summed E-state index contributed by atoms with van der Waals surface area (Å²) in [5.41, 5.74) is 0.852. The van der Waals surface area contributed by atoms with E-state index in [1.807, 2.05) is 6.07 Å². The van der Waals surface area contributed by atoms with Crippen LogP contribution < -0.4 is 5.32 Å². The van der Waals surface area contributed by atoms with E-state index in [0.717, 1.165) is 0 Å². The highest BCUT2D eigenvalue weighted by Crippen LogP contribution is 2.13. The molecule has 1 aromatic rings. The van der Waals surface area contributed by atoms with Crippen molar-refractivity contribution in [3.8, 4) is 6.07 Å². The van der Waals surface area contributed by atoms with Gasteiger partial charge in [-0.2, -0.15) is 5.26 Å². The lowest BCUT2D eigenvalue weighted by Gasteiger charge is -2.15. The fourth-order valence-corrected chi connectivity index (χ4v) is 1.49. The number of rotatable bonds is 6. The van der Waals surface area contributed by atoms with Gasteiger partial charge in [0, 0.05) is 6.54 Å². The Balaban J connectivity index is 2.51. The summed E-state index contributed by atoms with van der Waals surface area (Å²) in [6.45, 7) is 0.371. The first kappa shape index (κ1) is 14.7. The molecule has 0 atom stereocenters. The number of nitrogens with zero attached hydrogens (tertiary/aromatic N) is 2. The predicted octanol–water partition coefficient (Wildman–Crippen LogP) is 0.903. The summed E-state index contributed by atoms with van der Waals surface area (Å²) in [4.78, 5) is 23.7. The number of aliphatic carboxylic acids is 1. The summed E-state index contributed by atoms with van der Waals surface area (Å²) in [6.07, 6.45) is -0.0153. The molecule has 6 nitrogen and oxygen atoms in total. The minimum atomic E-state index is -0.901. The number of amides is 1. The van der Waals surface area contributed by atoms with Gasteiger partial charge in [0.1, 0.15) is 6.07 Å². The van der Waals surface area contributed by atoms with E-state index >= 15 is 0 Å². The number of carbonyl (C=O) groups is 2. The highest BCUT2D eigenvalue weighted by molar-refractivity contribution is 5.93. The summed E-state index contributed by atoms with van der Waals surface area (Å²) in [5.74, 6) is -1.18. The lowest BCUT2D eigenvalue weighted by molar-refractivity contribution is -0.137. The predicted molar refractivity (Wildman–Crippen MR) is 69.5 cm³/mol. The molecule has 100 valence electrons. The smallest absolute Gasteiger partial charge is 0.304 e. The van der Waals surface area contributed by atoms with E-state index in [1.165, 1.54) is 0 Å². The molecule has 0 radical (unpaired) electrons. The van der Waals surface area contributed by atoms with Gasteiger partial charge in [-0.3, -0.25) is 14.5 Å². The van der Waals surface area contributed by atoms with Crippen molar-refractivity contribution in [1.82, 2.24) is 4.90 Å². The first-order valence-electron chi connectivity index (χ1n) is 5.72. The Labute approximate surface area is 111 Å². The van der Waals surface area contributed by atoms with Gasteiger partial charge in [0.05, 0.1) is 24.2 Å². The third kappa shape index (κ3) is 5.19. The van der Waals surface area contributed by atoms with Crippen molar-refractivity contribution in [2.24, 2.45) is 0 Å². The Bertz CT molecular complexity index is 508. The molecule has 0 saturated heterocycles. The molecule has 1 amide bonds. The molecular weight excluding hydrogens is 246 g/mol. The van der Waals surface area contributed by atoms with E-state index in [9.17, 15) is 9.59 Å². The molecule has 0 aliphatic heterocycles. The summed E-state index contributed by atoms with van der Waals surface area (Å²) >= 11 is 0. The van der Waals surface area contributed by atoms with Gasteiger partial charge in [-0.15, -0.1) is 0 Å². The second-order valence-corrected chi connectivity index (χ2v) is 4.09. The van der Waals surface area contributed by atoms with E-state index in [4.69, 9.17) is 10.4 Å². The van der Waals surface area contributed by atoms with Crippen molar-refractivity contribution in [2.45, 2.75) is 6.42 Å². The molecule has 0 unspecified atom stereocenters. The molecule has 0 aromatic heterocycles. The normalized spacial score (nSPS) is 9.95. The Morgan fingerprint density at radius 2 is 2.11 bits per heavy atom. The van der Waals surface area contributed by atoms with Crippen LogP contribution >= 0.6 is 0 Å². The molecule has 0 aliphatic rings. The van der Waals surface area contributed by atoms with Crippen LogP contribution in [0.5, 0.6) is 0 Å². The standard InChI is InChI=1S/C13H15N3O3/c1-16(7-6-13(18)19)9-12(17)15-11-5-3-2-4-10(11)8-14/h2-5H,6-7,9H2,1H3,(H,15,17)(H,18,19). The lowest BCUT2D eigenvalue weighted by Crippen LogP contribution is -2.31. The van der Waals surface area contributed by atoms with Crippen LogP contribution in [0, 0.1) is 11.3 Å². The maximum atomic E-state index is 11.7. The molecule has 6 heteroatoms. The summed E-state index contributed by atoms with van der Waals surface area (Å²) < 4.78 is 0. The minimum absolute atomic E-state index is 0.0153. The van der Waals surface area contributed by atoms with E-state index in [2.05, 4.69) is 5.32 Å². The number of hydrogen-bond donors (Lipinski definition) is 2. The fraction of sp³-hybridized carbons (Fsp3) is 0.308. The number of benzene rings is 1. The van der Waals surface area contributed by atoms with E-state index in [1.54, 1.807) is 36.2 Å². The van der Waals surface area contributed by atoms with E-state index < -0.39 is 5.97 Å². The SMILES string of the molecule is CN(CCC(=O)O)CC(=O)Nc1ccccc1C#N. The van der Waals surface area contributed by atoms with Gasteiger partial charge >= 0.3 is 5.97 Å². The molecule has 0 saturated carbocycles. The minimum Gasteiger partial charge on any atom is -0.481 e. The number of carboxylic acid groups (broad SMARTS) is 1. The molecule has 1 aromatic carbocycles. The Hall–Kier alpha value is -2.39. The number of carbonyl (C=O) groups excluding carboxylic acids is 1. The second kappa shape index (κ2) is 7.13. The number of carboxylic acids is 1. The number of hydrogen-bond acceptors (Lipinski definition) is 4. The maximum absolute atomic E-state index is 11.7. The van der Waals surface area contributed by atoms with Crippen molar-refractivity contribution >= 4 is 17.6 Å². The van der Waals surface area contributed by atoms with Gasteiger partial charge in [-0.1, -0.05) is 12.1 Å². The Morgan fingerprint density at radius 3 is 2.74 bits per heavy atom. The lowest BCUT2D eigenvalue weighted by atomic mass is 10.2. The van der Waals surface area contributed by atoms with Gasteiger partial charge in [-0.25, -0.2) is 0 Å². The molecule has 0 spiro atoms. The largest absolute Gasteiger partial charge is 0.481 e. The van der Waals surface area contributed by atoms with Gasteiger partial charge < -0.3 is 10.4 Å². The van der Waals surface area contributed by atoms with Gasteiger partial charge in [0.2, 0.25) is 5.91 Å². The maximum Gasteiger partial charge on any atom is 0.304 e. The average Bonchev–Trinajstić information content (AvgIpc) is 2.37. The first-order chi connectivity index (χ1) is 9.02. The molecule has 0 fully saturated rings. The third-order valence-electron chi connectivity index (χ3n) is 2.44. The van der Waals surface area contributed by atoms with Gasteiger partial charge in [0.15, 0.2) is 0 Å². The van der Waals surface area contributed by atoms with Crippen LogP contribution in [0.25, 0.3) is 0 Å². The third-order valence-corrected chi connectivity index (χ3v) is 2.44. The van der Waals surface area contributed by atoms with Crippen LogP contribution in [0.15, 0.2) is 24.3 Å². The Morgan fingerprint density at radius 1 is 1.42 bits per heavy atom. The quantitative estimate of drug-likeness (QED) is 0.793. The summed E-state index contributed by atoms with van der Waals surface area (Å²) in [7, 11) is 1.67. The number of anilines is 1. The molecule has 0 heterocycles. The molecular formula is C13H15N3O3. The summed E-state index contributed by atoms with van der Waals surface area (Å²) in [6, 6.07) is 8.69. The van der Waals surface area contributed by atoms with E-state index in [-0.39, 0.29) is 18.9 Å². The zero-order chi connectivity index (χ0) is 14.3. The number of nitriles is 1. The van der Waals surface area contributed by atoms with Crippen LogP contribution in [0.1, 0.15) is 12.0 Å².